The van der Waals surface area contributed by atoms with Crippen LogP contribution in [0.1, 0.15) is 10.4 Å². The summed E-state index contributed by atoms with van der Waals surface area (Å²) in [5.74, 6) is 0.489. The number of rotatable bonds is 2. The highest BCUT2D eigenvalue weighted by Crippen LogP contribution is 2.14. The molecule has 1 heterocycles. The molecule has 1 aliphatic rings. The van der Waals surface area contributed by atoms with Gasteiger partial charge in [0.2, 0.25) is 5.78 Å². The molecule has 0 N–H and O–H groups in total. The van der Waals surface area contributed by atoms with Crippen molar-refractivity contribution >= 4 is 18.1 Å². The van der Waals surface area contributed by atoms with Gasteiger partial charge in [0.1, 0.15) is 5.42 Å². The van der Waals surface area contributed by atoms with Gasteiger partial charge in [-0.1, -0.05) is 6.58 Å². The van der Waals surface area contributed by atoms with E-state index in [0.29, 0.717) is 22.2 Å². The summed E-state index contributed by atoms with van der Waals surface area (Å²) in [6.45, 7) is 3.63. The zero-order chi connectivity index (χ0) is 11.0. The number of hydrogen-bond acceptors (Lipinski definition) is 4. The van der Waals surface area contributed by atoms with Crippen molar-refractivity contribution in [2.24, 2.45) is 0 Å². The third kappa shape index (κ3) is 1.34. The summed E-state index contributed by atoms with van der Waals surface area (Å²) in [5, 5.41) is 0. The molecule has 0 fully saturated rings. The molecule has 1 aromatic rings. The molecule has 0 amide bonds. The van der Waals surface area contributed by atoms with E-state index in [1.165, 1.54) is 20.3 Å². The summed E-state index contributed by atoms with van der Waals surface area (Å²) in [7, 11) is 2.94. The number of fused-ring (bicyclic) bond motifs is 1. The monoisotopic (exact) mass is 206 g/mol. The van der Waals surface area contributed by atoms with Gasteiger partial charge in [0, 0.05) is 6.08 Å². The number of methoxy groups -OCH3 is 2. The number of carbonyl (C=O) groups excluding carboxylic acids is 1. The summed E-state index contributed by atoms with van der Waals surface area (Å²) in [6.07, 6.45) is 1.51. The van der Waals surface area contributed by atoms with Gasteiger partial charge in [-0.05, 0) is 6.07 Å². The molecule has 0 aromatic carbocycles. The van der Waals surface area contributed by atoms with Gasteiger partial charge in [-0.2, -0.15) is 0 Å². The number of Topliss-reactive ketones (excluding diaryl/α,β-unsaturated/α-hetero) is 1. The summed E-state index contributed by atoms with van der Waals surface area (Å²) in [5.41, 5.74) is 1.26. The van der Waals surface area contributed by atoms with Gasteiger partial charge < -0.3 is 13.9 Å². The molecule has 0 aliphatic heterocycles. The van der Waals surface area contributed by atoms with Crippen LogP contribution in [-0.2, 0) is 9.47 Å². The highest BCUT2D eigenvalue weighted by atomic mass is 16.5. The van der Waals surface area contributed by atoms with E-state index >= 15 is 0 Å². The number of furan rings is 1. The quantitative estimate of drug-likeness (QED) is 0.692. The summed E-state index contributed by atoms with van der Waals surface area (Å²) >= 11 is 0. The molecule has 15 heavy (non-hydrogen) atoms. The molecular weight excluding hydrogens is 196 g/mol. The predicted molar refractivity (Wildman–Crippen MR) is 53.3 cm³/mol. The van der Waals surface area contributed by atoms with E-state index in [-0.39, 0.29) is 11.5 Å². The molecular formula is C11H10O4. The molecule has 0 atom stereocenters. The lowest BCUT2D eigenvalue weighted by Gasteiger charge is -2.09. The molecule has 0 saturated heterocycles. The minimum Gasteiger partial charge on any atom is -0.493 e. The first-order valence-corrected chi connectivity index (χ1v) is 4.35. The van der Waals surface area contributed by atoms with Gasteiger partial charge in [0.15, 0.2) is 16.9 Å². The average Bonchev–Trinajstić information content (AvgIpc) is 2.61. The Hall–Kier alpha value is -1.97. The van der Waals surface area contributed by atoms with Crippen LogP contribution < -0.4 is 10.8 Å². The maximum absolute atomic E-state index is 11.8. The topological polar surface area (TPSA) is 48.7 Å². The molecule has 4 nitrogen and oxygen atoms in total. The Morgan fingerprint density at radius 1 is 1.33 bits per heavy atom. The van der Waals surface area contributed by atoms with Gasteiger partial charge >= 0.3 is 0 Å². The molecule has 78 valence electrons. The van der Waals surface area contributed by atoms with Crippen LogP contribution in [0.15, 0.2) is 22.3 Å². The van der Waals surface area contributed by atoms with Crippen LogP contribution in [0.3, 0.4) is 0 Å². The minimum absolute atomic E-state index is 0.216. The lowest BCUT2D eigenvalue weighted by molar-refractivity contribution is 0.0947. The summed E-state index contributed by atoms with van der Waals surface area (Å²) < 4.78 is 15.3. The third-order valence-corrected chi connectivity index (χ3v) is 2.18. The molecule has 1 aliphatic carbocycles. The van der Waals surface area contributed by atoms with Crippen LogP contribution in [-0.4, -0.2) is 20.0 Å². The summed E-state index contributed by atoms with van der Waals surface area (Å²) in [6, 6.07) is 1.57. The first-order valence-electron chi connectivity index (χ1n) is 4.35. The van der Waals surface area contributed by atoms with E-state index in [4.69, 9.17) is 13.9 Å². The first-order chi connectivity index (χ1) is 7.17. The van der Waals surface area contributed by atoms with E-state index in [9.17, 15) is 4.79 Å². The second-order valence-corrected chi connectivity index (χ2v) is 3.07. The van der Waals surface area contributed by atoms with E-state index in [0.717, 1.165) is 0 Å². The lowest BCUT2D eigenvalue weighted by Crippen LogP contribution is -2.21. The van der Waals surface area contributed by atoms with Crippen molar-refractivity contribution in [3.8, 4) is 0 Å². The van der Waals surface area contributed by atoms with E-state index < -0.39 is 0 Å². The Morgan fingerprint density at radius 2 is 2.07 bits per heavy atom. The number of carbonyl (C=O) groups is 1. The molecule has 2 rings (SSSR count). The zero-order valence-electron chi connectivity index (χ0n) is 8.49. The molecule has 0 unspecified atom stereocenters. The fourth-order valence-corrected chi connectivity index (χ4v) is 1.48. The second-order valence-electron chi connectivity index (χ2n) is 3.07. The number of ether oxygens (including phenoxy) is 2. The second kappa shape index (κ2) is 3.31. The predicted octanol–water partition coefficient (Wildman–Crippen LogP) is 0.171. The average molecular weight is 206 g/mol. The number of allylic oxidation sites excluding steroid dienone is 1. The largest absolute Gasteiger partial charge is 0.493 e. The smallest absolute Gasteiger partial charge is 0.231 e. The Labute approximate surface area is 86.1 Å². The van der Waals surface area contributed by atoms with E-state index in [1.807, 2.05) is 0 Å². The fourth-order valence-electron chi connectivity index (χ4n) is 1.48. The number of hydrogen-bond donors (Lipinski definition) is 0. The summed E-state index contributed by atoms with van der Waals surface area (Å²) in [4.78, 5) is 11.8. The molecule has 0 spiro atoms. The Balaban J connectivity index is 2.77. The Bertz CT molecular complexity index is 548. The maximum atomic E-state index is 11.8. The molecule has 0 radical (unpaired) electrons. The van der Waals surface area contributed by atoms with Crippen molar-refractivity contribution in [1.29, 1.82) is 0 Å². The Morgan fingerprint density at radius 3 is 2.67 bits per heavy atom. The van der Waals surface area contributed by atoms with Crippen LogP contribution >= 0.6 is 0 Å². The lowest BCUT2D eigenvalue weighted by atomic mass is 10.1. The maximum Gasteiger partial charge on any atom is 0.231 e. The van der Waals surface area contributed by atoms with E-state index in [2.05, 4.69) is 6.58 Å². The standard InChI is InChI=1S/C11H10O4/c1-6-4-7-10(12)8(13-2)5-9(14-3)11(7)15-6/h4-5H,1H2,2-3H3. The van der Waals surface area contributed by atoms with Gasteiger partial charge in [-0.15, -0.1) is 0 Å². The molecule has 0 bridgehead atoms. The fraction of sp³-hybridized carbons (Fsp3) is 0.182. The van der Waals surface area contributed by atoms with Crippen molar-refractivity contribution in [3.63, 3.8) is 0 Å². The van der Waals surface area contributed by atoms with Crippen molar-refractivity contribution < 1.29 is 18.7 Å². The highest BCUT2D eigenvalue weighted by molar-refractivity contribution is 6.09. The van der Waals surface area contributed by atoms with Gasteiger partial charge in [0.25, 0.3) is 0 Å². The van der Waals surface area contributed by atoms with E-state index in [1.54, 1.807) is 6.07 Å². The van der Waals surface area contributed by atoms with Crippen molar-refractivity contribution in [3.05, 3.63) is 34.3 Å². The van der Waals surface area contributed by atoms with Crippen LogP contribution in [0.5, 0.6) is 0 Å². The van der Waals surface area contributed by atoms with Gasteiger partial charge in [-0.25, -0.2) is 0 Å². The molecule has 0 saturated carbocycles. The van der Waals surface area contributed by atoms with Crippen LogP contribution in [0, 0.1) is 0 Å². The van der Waals surface area contributed by atoms with Crippen molar-refractivity contribution in [2.75, 3.05) is 14.2 Å². The SMILES string of the molecule is C=c1cc2c(o1)=C(OC)C=C(OC)C2=O. The molecule has 1 aromatic heterocycles. The Kier molecular flexibility index (Phi) is 2.11. The zero-order valence-corrected chi connectivity index (χ0v) is 8.49. The van der Waals surface area contributed by atoms with Crippen LogP contribution in [0.2, 0.25) is 0 Å². The minimum atomic E-state index is -0.216. The highest BCUT2D eigenvalue weighted by Gasteiger charge is 2.24. The normalized spacial score (nSPS) is 14.7. The van der Waals surface area contributed by atoms with Crippen molar-refractivity contribution in [1.82, 2.24) is 0 Å². The van der Waals surface area contributed by atoms with Gasteiger partial charge in [0.05, 0.1) is 19.8 Å². The van der Waals surface area contributed by atoms with Gasteiger partial charge in [-0.3, -0.25) is 4.79 Å². The van der Waals surface area contributed by atoms with Crippen molar-refractivity contribution in [2.45, 2.75) is 0 Å². The van der Waals surface area contributed by atoms with Crippen LogP contribution in [0.25, 0.3) is 12.3 Å². The number of ketones is 1. The third-order valence-electron chi connectivity index (χ3n) is 2.18. The first kappa shape index (κ1) is 9.58. The molecule has 4 heteroatoms. The van der Waals surface area contributed by atoms with Crippen LogP contribution in [0.4, 0.5) is 0 Å².